The lowest BCUT2D eigenvalue weighted by Crippen LogP contribution is -2.46. The van der Waals surface area contributed by atoms with Crippen molar-refractivity contribution < 1.29 is 22.7 Å². The van der Waals surface area contributed by atoms with Gasteiger partial charge < -0.3 is 10.5 Å². The highest BCUT2D eigenvalue weighted by Gasteiger charge is 2.32. The van der Waals surface area contributed by atoms with Crippen molar-refractivity contribution in [3.05, 3.63) is 48.2 Å². The van der Waals surface area contributed by atoms with E-state index in [0.29, 0.717) is 48.9 Å². The topological polar surface area (TPSA) is 83.5 Å². The van der Waals surface area contributed by atoms with Crippen LogP contribution in [0.5, 0.6) is 5.75 Å². The Bertz CT molecular complexity index is 967. The molecule has 0 radical (unpaired) electrons. The van der Waals surface area contributed by atoms with Crippen LogP contribution in [0.4, 0.5) is 13.2 Å². The van der Waals surface area contributed by atoms with Crippen LogP contribution in [-0.2, 0) is 4.79 Å². The van der Waals surface area contributed by atoms with E-state index in [1.165, 1.54) is 18.2 Å². The molecule has 1 atom stereocenters. The highest BCUT2D eigenvalue weighted by atomic mass is 19.4. The van der Waals surface area contributed by atoms with Crippen molar-refractivity contribution >= 4 is 23.2 Å². The number of hydrogen-bond acceptors (Lipinski definition) is 6. The van der Waals surface area contributed by atoms with Crippen LogP contribution in [0.25, 0.3) is 5.57 Å². The molecular formula is C20H20F3N5O2. The van der Waals surface area contributed by atoms with Gasteiger partial charge in [0, 0.05) is 19.2 Å². The third kappa shape index (κ3) is 4.38. The quantitative estimate of drug-likeness (QED) is 0.817. The van der Waals surface area contributed by atoms with E-state index >= 15 is 0 Å². The lowest BCUT2D eigenvalue weighted by molar-refractivity contribution is -0.274. The van der Waals surface area contributed by atoms with Gasteiger partial charge in [0.2, 0.25) is 5.91 Å². The summed E-state index contributed by atoms with van der Waals surface area (Å²) in [6, 6.07) is 5.72. The van der Waals surface area contributed by atoms with Crippen molar-refractivity contribution in [2.45, 2.75) is 19.2 Å². The van der Waals surface area contributed by atoms with Gasteiger partial charge >= 0.3 is 6.36 Å². The number of carbonyl (C=O) groups excluding carboxylic acids is 1. The third-order valence-electron chi connectivity index (χ3n) is 5.12. The van der Waals surface area contributed by atoms with Crippen LogP contribution in [0.2, 0.25) is 0 Å². The van der Waals surface area contributed by atoms with Crippen LogP contribution in [0.15, 0.2) is 52.7 Å². The van der Waals surface area contributed by atoms with Gasteiger partial charge in [-0.3, -0.25) is 9.69 Å². The number of benzene rings is 1. The monoisotopic (exact) mass is 419 g/mol. The molecular weight excluding hydrogens is 399 g/mol. The van der Waals surface area contributed by atoms with Crippen LogP contribution in [0.1, 0.15) is 18.4 Å². The van der Waals surface area contributed by atoms with E-state index in [9.17, 15) is 18.0 Å². The second-order valence-corrected chi connectivity index (χ2v) is 7.21. The molecule has 4 rings (SSSR count). The van der Waals surface area contributed by atoms with E-state index in [0.717, 1.165) is 6.42 Å². The third-order valence-corrected chi connectivity index (χ3v) is 5.12. The summed E-state index contributed by atoms with van der Waals surface area (Å²) in [5, 5.41) is 6.17. The van der Waals surface area contributed by atoms with E-state index in [4.69, 9.17) is 5.73 Å². The number of fused-ring (bicyclic) bond motifs is 1. The van der Waals surface area contributed by atoms with Crippen LogP contribution < -0.4 is 10.5 Å². The zero-order valence-corrected chi connectivity index (χ0v) is 16.0. The molecule has 1 unspecified atom stereocenters. The number of nitrogens with two attached hydrogens (primary N) is 1. The number of halogens is 3. The molecule has 3 aliphatic heterocycles. The van der Waals surface area contributed by atoms with E-state index in [1.54, 1.807) is 34.3 Å². The molecule has 0 bridgehead atoms. The molecule has 1 saturated heterocycles. The number of likely N-dealkylation sites (tertiary alicyclic amines) is 1. The Morgan fingerprint density at radius 1 is 1.23 bits per heavy atom. The Hall–Kier alpha value is -3.14. The largest absolute Gasteiger partial charge is 0.573 e. The minimum Gasteiger partial charge on any atom is -0.406 e. The smallest absolute Gasteiger partial charge is 0.406 e. The number of piperidine rings is 1. The first-order chi connectivity index (χ1) is 14.3. The summed E-state index contributed by atoms with van der Waals surface area (Å²) in [4.78, 5) is 18.4. The molecule has 0 saturated carbocycles. The molecule has 7 nitrogen and oxygen atoms in total. The molecule has 0 aliphatic carbocycles. The van der Waals surface area contributed by atoms with Crippen molar-refractivity contribution in [3.63, 3.8) is 0 Å². The maximum Gasteiger partial charge on any atom is 0.573 e. The second kappa shape index (κ2) is 7.94. The highest BCUT2D eigenvalue weighted by Crippen LogP contribution is 2.28. The summed E-state index contributed by atoms with van der Waals surface area (Å²) in [5.41, 5.74) is 6.90. The van der Waals surface area contributed by atoms with Crippen LogP contribution in [0.3, 0.4) is 0 Å². The predicted octanol–water partition coefficient (Wildman–Crippen LogP) is 2.72. The molecule has 0 aromatic heterocycles. The summed E-state index contributed by atoms with van der Waals surface area (Å²) in [5.74, 6) is 0.978. The number of ether oxygens (including phenoxy) is 1. The molecule has 158 valence electrons. The van der Waals surface area contributed by atoms with Gasteiger partial charge in [0.05, 0.1) is 6.54 Å². The first kappa shape index (κ1) is 20.1. The van der Waals surface area contributed by atoms with Crippen LogP contribution in [-0.4, -0.2) is 53.5 Å². The van der Waals surface area contributed by atoms with Gasteiger partial charge in [-0.1, -0.05) is 12.1 Å². The minimum absolute atomic E-state index is 0.0229. The maximum absolute atomic E-state index is 12.5. The first-order valence-electron chi connectivity index (χ1n) is 9.50. The minimum atomic E-state index is -4.76. The fraction of sp³-hybridized carbons (Fsp3) is 0.350. The van der Waals surface area contributed by atoms with Crippen LogP contribution >= 0.6 is 0 Å². The average molecular weight is 419 g/mol. The molecule has 30 heavy (non-hydrogen) atoms. The molecule has 10 heteroatoms. The van der Waals surface area contributed by atoms with Gasteiger partial charge in [0.1, 0.15) is 11.6 Å². The Kier molecular flexibility index (Phi) is 5.33. The Labute approximate surface area is 171 Å². The Morgan fingerprint density at radius 2 is 2.03 bits per heavy atom. The van der Waals surface area contributed by atoms with Gasteiger partial charge in [0.25, 0.3) is 0 Å². The fourth-order valence-corrected chi connectivity index (χ4v) is 3.56. The van der Waals surface area contributed by atoms with E-state index in [1.807, 2.05) is 0 Å². The number of amidine groups is 2. The molecule has 3 aliphatic rings. The second-order valence-electron chi connectivity index (χ2n) is 7.21. The molecule has 1 amide bonds. The summed E-state index contributed by atoms with van der Waals surface area (Å²) in [6.07, 6.45) is 1.55. The van der Waals surface area contributed by atoms with E-state index in [2.05, 4.69) is 14.8 Å². The van der Waals surface area contributed by atoms with E-state index < -0.39 is 6.36 Å². The number of alkyl halides is 3. The zero-order valence-electron chi connectivity index (χ0n) is 16.0. The van der Waals surface area contributed by atoms with Crippen molar-refractivity contribution in [1.82, 2.24) is 9.91 Å². The summed E-state index contributed by atoms with van der Waals surface area (Å²) in [7, 11) is 0. The number of hydrazone groups is 1. The Morgan fingerprint density at radius 3 is 2.77 bits per heavy atom. The van der Waals surface area contributed by atoms with Crippen molar-refractivity contribution in [2.24, 2.45) is 21.7 Å². The van der Waals surface area contributed by atoms with Gasteiger partial charge in [-0.15, -0.1) is 13.2 Å². The maximum atomic E-state index is 12.5. The summed E-state index contributed by atoms with van der Waals surface area (Å²) in [6.45, 7) is 1.33. The highest BCUT2D eigenvalue weighted by molar-refractivity contribution is 6.11. The number of carbonyl (C=O) groups is 1. The van der Waals surface area contributed by atoms with Crippen molar-refractivity contribution in [1.29, 1.82) is 0 Å². The van der Waals surface area contributed by atoms with Gasteiger partial charge in [-0.25, -0.2) is 10.0 Å². The number of amides is 1. The summed E-state index contributed by atoms with van der Waals surface area (Å²) >= 11 is 0. The SMILES string of the molecule is NCC1CCN(C2=NN3CC(c4cccc(OC(F)(F)F)c4)=CN=C3C=C2)C(=O)C1. The molecule has 0 spiro atoms. The zero-order chi connectivity index (χ0) is 21.3. The molecule has 1 aromatic rings. The lowest BCUT2D eigenvalue weighted by atomic mass is 9.96. The van der Waals surface area contributed by atoms with E-state index in [-0.39, 0.29) is 17.6 Å². The number of aliphatic imine (C=N–C) groups is 1. The van der Waals surface area contributed by atoms with Gasteiger partial charge in [-0.05, 0) is 54.3 Å². The normalized spacial score (nSPS) is 21.7. The fourth-order valence-electron chi connectivity index (χ4n) is 3.56. The van der Waals surface area contributed by atoms with Gasteiger partial charge in [0.15, 0.2) is 5.84 Å². The molecule has 2 N–H and O–H groups in total. The average Bonchev–Trinajstić information content (AvgIpc) is 2.72. The number of nitrogens with zero attached hydrogens (tertiary/aromatic N) is 4. The standard InChI is InChI=1S/C20H20F3N5O2/c21-20(22,23)30-16-3-1-2-14(9-16)15-11-25-17-4-5-18(26-28(17)12-15)27-7-6-13(10-24)8-19(27)29/h1-5,9,11,13H,6-8,10,12,24H2. The van der Waals surface area contributed by atoms with Gasteiger partial charge in [-0.2, -0.15) is 5.10 Å². The number of hydrogen-bond donors (Lipinski definition) is 1. The summed E-state index contributed by atoms with van der Waals surface area (Å²) < 4.78 is 41.5. The molecule has 1 fully saturated rings. The van der Waals surface area contributed by atoms with Crippen molar-refractivity contribution in [3.8, 4) is 5.75 Å². The Balaban J connectivity index is 1.51. The molecule has 1 aromatic carbocycles. The lowest BCUT2D eigenvalue weighted by Gasteiger charge is -2.34. The van der Waals surface area contributed by atoms with Crippen LogP contribution in [0, 0.1) is 5.92 Å². The predicted molar refractivity (Wildman–Crippen MR) is 105 cm³/mol. The molecule has 3 heterocycles. The first-order valence-corrected chi connectivity index (χ1v) is 9.50. The van der Waals surface area contributed by atoms with Crippen molar-refractivity contribution in [2.75, 3.05) is 19.6 Å². The number of rotatable bonds is 3.